The molecule has 0 spiro atoms. The van der Waals surface area contributed by atoms with Gasteiger partial charge in [0.15, 0.2) is 0 Å². The van der Waals surface area contributed by atoms with E-state index in [0.717, 1.165) is 6.07 Å². The summed E-state index contributed by atoms with van der Waals surface area (Å²) < 4.78 is 0. The second kappa shape index (κ2) is 6.32. The highest BCUT2D eigenvalue weighted by atomic mass is 35.5. The highest BCUT2D eigenvalue weighted by Crippen LogP contribution is 2.23. The van der Waals surface area contributed by atoms with E-state index >= 15 is 0 Å². The Kier molecular flexibility index (Phi) is 4.49. The van der Waals surface area contributed by atoms with Crippen LogP contribution in [0.5, 0.6) is 0 Å². The van der Waals surface area contributed by atoms with E-state index in [1.165, 1.54) is 12.1 Å². The van der Waals surface area contributed by atoms with Crippen LogP contribution in [0.4, 0.5) is 5.69 Å². The minimum atomic E-state index is -0.633. The van der Waals surface area contributed by atoms with E-state index in [-0.39, 0.29) is 22.3 Å². The molecule has 1 unspecified atom stereocenters. The normalized spacial score (nSPS) is 11.7. The summed E-state index contributed by atoms with van der Waals surface area (Å²) in [4.78, 5) is 26.7. The smallest absolute Gasteiger partial charge is 0.283 e. The molecule has 1 N–H and O–H groups in total. The number of nitro benzene ring substituents is 1. The molecule has 0 saturated carbocycles. The van der Waals surface area contributed by atoms with Gasteiger partial charge < -0.3 is 5.32 Å². The zero-order valence-corrected chi connectivity index (χ0v) is 11.9. The summed E-state index contributed by atoms with van der Waals surface area (Å²) in [5, 5.41) is 13.9. The molecule has 108 valence electrons. The first-order valence-electron chi connectivity index (χ1n) is 6.15. The average Bonchev–Trinajstić information content (AvgIpc) is 2.47. The molecule has 0 saturated heterocycles. The summed E-state index contributed by atoms with van der Waals surface area (Å²) in [6.07, 6.45) is 1.61. The van der Waals surface area contributed by atoms with Crippen LogP contribution in [0.15, 0.2) is 42.6 Å². The van der Waals surface area contributed by atoms with Gasteiger partial charge in [0.1, 0.15) is 5.56 Å². The number of nitrogens with one attached hydrogen (secondary N) is 1. The standard InChI is InChI=1S/C14H12ClN3O3/c1-9(12-4-2-3-7-16-12)17-14(19)11-6-5-10(15)8-13(11)18(20)21/h2-9H,1H3,(H,17,19). The lowest BCUT2D eigenvalue weighted by Crippen LogP contribution is -2.27. The Bertz CT molecular complexity index is 676. The van der Waals surface area contributed by atoms with Crippen LogP contribution >= 0.6 is 11.6 Å². The Hall–Kier alpha value is -2.47. The van der Waals surface area contributed by atoms with Crippen molar-refractivity contribution in [3.8, 4) is 0 Å². The molecular formula is C14H12ClN3O3. The van der Waals surface area contributed by atoms with Gasteiger partial charge in [-0.25, -0.2) is 0 Å². The summed E-state index contributed by atoms with van der Waals surface area (Å²) >= 11 is 5.72. The summed E-state index contributed by atoms with van der Waals surface area (Å²) in [6.45, 7) is 1.75. The highest BCUT2D eigenvalue weighted by Gasteiger charge is 2.22. The lowest BCUT2D eigenvalue weighted by molar-refractivity contribution is -0.385. The third-order valence-electron chi connectivity index (χ3n) is 2.88. The van der Waals surface area contributed by atoms with Crippen LogP contribution in [0, 0.1) is 10.1 Å². The summed E-state index contributed by atoms with van der Waals surface area (Å²) in [6, 6.07) is 8.89. The Morgan fingerprint density at radius 2 is 2.14 bits per heavy atom. The van der Waals surface area contributed by atoms with Crippen LogP contribution in [-0.4, -0.2) is 15.8 Å². The topological polar surface area (TPSA) is 85.1 Å². The number of halogens is 1. The second-order valence-electron chi connectivity index (χ2n) is 4.37. The number of nitro groups is 1. The number of benzene rings is 1. The van der Waals surface area contributed by atoms with E-state index in [2.05, 4.69) is 10.3 Å². The summed E-state index contributed by atoms with van der Waals surface area (Å²) in [7, 11) is 0. The number of pyridine rings is 1. The van der Waals surface area contributed by atoms with Gasteiger partial charge in [0.2, 0.25) is 0 Å². The van der Waals surface area contributed by atoms with E-state index in [1.54, 1.807) is 31.3 Å². The minimum Gasteiger partial charge on any atom is -0.344 e. The van der Waals surface area contributed by atoms with Crippen molar-refractivity contribution in [3.05, 3.63) is 69.0 Å². The summed E-state index contributed by atoms with van der Waals surface area (Å²) in [5.74, 6) is -0.545. The molecule has 1 amide bonds. The van der Waals surface area contributed by atoms with Crippen molar-refractivity contribution >= 4 is 23.2 Å². The van der Waals surface area contributed by atoms with Crippen molar-refractivity contribution in [2.75, 3.05) is 0 Å². The molecule has 0 aliphatic heterocycles. The Morgan fingerprint density at radius 3 is 2.76 bits per heavy atom. The molecule has 2 aromatic rings. The van der Waals surface area contributed by atoms with E-state index in [0.29, 0.717) is 5.69 Å². The number of carbonyl (C=O) groups is 1. The van der Waals surface area contributed by atoms with Crippen LogP contribution in [-0.2, 0) is 0 Å². The SMILES string of the molecule is CC(NC(=O)c1ccc(Cl)cc1[N+](=O)[O-])c1ccccn1. The van der Waals surface area contributed by atoms with Gasteiger partial charge in [0, 0.05) is 17.3 Å². The first-order valence-corrected chi connectivity index (χ1v) is 6.52. The minimum absolute atomic E-state index is 0.0350. The number of hydrogen-bond acceptors (Lipinski definition) is 4. The first-order chi connectivity index (χ1) is 9.99. The largest absolute Gasteiger partial charge is 0.344 e. The molecular weight excluding hydrogens is 294 g/mol. The molecule has 21 heavy (non-hydrogen) atoms. The fraction of sp³-hybridized carbons (Fsp3) is 0.143. The maximum absolute atomic E-state index is 12.2. The molecule has 1 heterocycles. The van der Waals surface area contributed by atoms with Gasteiger partial charge in [-0.05, 0) is 31.2 Å². The maximum Gasteiger partial charge on any atom is 0.283 e. The molecule has 7 heteroatoms. The molecule has 0 radical (unpaired) electrons. The van der Waals surface area contributed by atoms with Gasteiger partial charge in [-0.1, -0.05) is 17.7 Å². The van der Waals surface area contributed by atoms with Gasteiger partial charge in [0.05, 0.1) is 16.7 Å². The van der Waals surface area contributed by atoms with Crippen molar-refractivity contribution in [2.24, 2.45) is 0 Å². The van der Waals surface area contributed by atoms with Crippen LogP contribution in [0.1, 0.15) is 29.0 Å². The van der Waals surface area contributed by atoms with Crippen LogP contribution < -0.4 is 5.32 Å². The Morgan fingerprint density at radius 1 is 1.38 bits per heavy atom. The fourth-order valence-corrected chi connectivity index (χ4v) is 1.99. The van der Waals surface area contributed by atoms with Gasteiger partial charge in [-0.3, -0.25) is 19.9 Å². The van der Waals surface area contributed by atoms with Crippen LogP contribution in [0.25, 0.3) is 0 Å². The van der Waals surface area contributed by atoms with Crippen molar-refractivity contribution < 1.29 is 9.72 Å². The predicted molar refractivity (Wildman–Crippen MR) is 78.2 cm³/mol. The molecule has 1 atom stereocenters. The number of nitrogens with zero attached hydrogens (tertiary/aromatic N) is 2. The van der Waals surface area contributed by atoms with Gasteiger partial charge >= 0.3 is 0 Å². The van der Waals surface area contributed by atoms with Gasteiger partial charge in [-0.15, -0.1) is 0 Å². The summed E-state index contributed by atoms with van der Waals surface area (Å²) in [5.41, 5.74) is 0.308. The number of hydrogen-bond donors (Lipinski definition) is 1. The van der Waals surface area contributed by atoms with E-state index in [1.807, 2.05) is 0 Å². The molecule has 0 aliphatic carbocycles. The van der Waals surface area contributed by atoms with E-state index < -0.39 is 10.8 Å². The fourth-order valence-electron chi connectivity index (χ4n) is 1.83. The Balaban J connectivity index is 2.23. The number of aromatic nitrogens is 1. The van der Waals surface area contributed by atoms with Crippen LogP contribution in [0.3, 0.4) is 0 Å². The molecule has 0 fully saturated rings. The quantitative estimate of drug-likeness (QED) is 0.694. The molecule has 6 nitrogen and oxygen atoms in total. The number of amides is 1. The average molecular weight is 306 g/mol. The van der Waals surface area contributed by atoms with E-state index in [4.69, 9.17) is 11.6 Å². The zero-order chi connectivity index (χ0) is 15.4. The van der Waals surface area contributed by atoms with Crippen LogP contribution in [0.2, 0.25) is 5.02 Å². The van der Waals surface area contributed by atoms with Crippen molar-refractivity contribution in [1.82, 2.24) is 10.3 Å². The number of carbonyl (C=O) groups excluding carboxylic acids is 1. The second-order valence-corrected chi connectivity index (χ2v) is 4.80. The van der Waals surface area contributed by atoms with Crippen molar-refractivity contribution in [1.29, 1.82) is 0 Å². The lowest BCUT2D eigenvalue weighted by atomic mass is 10.1. The molecule has 0 bridgehead atoms. The zero-order valence-electron chi connectivity index (χ0n) is 11.1. The van der Waals surface area contributed by atoms with E-state index in [9.17, 15) is 14.9 Å². The van der Waals surface area contributed by atoms with Crippen molar-refractivity contribution in [2.45, 2.75) is 13.0 Å². The number of rotatable bonds is 4. The third kappa shape index (κ3) is 3.55. The highest BCUT2D eigenvalue weighted by molar-refractivity contribution is 6.31. The lowest BCUT2D eigenvalue weighted by Gasteiger charge is -2.13. The molecule has 2 rings (SSSR count). The van der Waals surface area contributed by atoms with Crippen molar-refractivity contribution in [3.63, 3.8) is 0 Å². The predicted octanol–water partition coefficient (Wildman–Crippen LogP) is 3.13. The molecule has 0 aliphatic rings. The maximum atomic E-state index is 12.2. The molecule has 1 aromatic heterocycles. The third-order valence-corrected chi connectivity index (χ3v) is 3.12. The molecule has 1 aromatic carbocycles. The first kappa shape index (κ1) is 14.9. The Labute approximate surface area is 125 Å². The monoisotopic (exact) mass is 305 g/mol. The van der Waals surface area contributed by atoms with Gasteiger partial charge in [0.25, 0.3) is 11.6 Å². The van der Waals surface area contributed by atoms with Gasteiger partial charge in [-0.2, -0.15) is 0 Å².